The number of benzene rings is 1. The molecule has 0 saturated carbocycles. The highest BCUT2D eigenvalue weighted by molar-refractivity contribution is 7.90. The van der Waals surface area contributed by atoms with Gasteiger partial charge in [0.25, 0.3) is 10.2 Å². The zero-order valence-corrected chi connectivity index (χ0v) is 13.1. The van der Waals surface area contributed by atoms with Crippen LogP contribution in [0.25, 0.3) is 0 Å². The fourth-order valence-electron chi connectivity index (χ4n) is 1.55. The van der Waals surface area contributed by atoms with Crippen molar-refractivity contribution >= 4 is 15.9 Å². The van der Waals surface area contributed by atoms with E-state index in [1.165, 1.54) is 0 Å². The van der Waals surface area contributed by atoms with Crippen LogP contribution in [-0.2, 0) is 10.2 Å². The third-order valence-corrected chi connectivity index (χ3v) is 3.64. The summed E-state index contributed by atoms with van der Waals surface area (Å²) in [5.74, 6) is 5.68. The van der Waals surface area contributed by atoms with Crippen LogP contribution in [0.15, 0.2) is 18.2 Å². The molecular weight excluding hydrogens is 274 g/mol. The zero-order chi connectivity index (χ0) is 15.4. The van der Waals surface area contributed by atoms with Gasteiger partial charge >= 0.3 is 0 Å². The Balaban J connectivity index is 2.99. The molecule has 110 valence electrons. The lowest BCUT2D eigenvalue weighted by Crippen LogP contribution is -2.43. The Labute approximate surface area is 121 Å². The van der Waals surface area contributed by atoms with Gasteiger partial charge in [-0.25, -0.2) is 0 Å². The van der Waals surface area contributed by atoms with E-state index < -0.39 is 15.7 Å². The van der Waals surface area contributed by atoms with Gasteiger partial charge in [0.05, 0.1) is 12.2 Å². The van der Waals surface area contributed by atoms with Gasteiger partial charge in [-0.15, -0.1) is 0 Å². The summed E-state index contributed by atoms with van der Waals surface area (Å²) in [5, 5.41) is 0. The first-order valence-corrected chi connectivity index (χ1v) is 7.72. The highest BCUT2D eigenvalue weighted by Gasteiger charge is 2.19. The van der Waals surface area contributed by atoms with Gasteiger partial charge in [0.1, 0.15) is 0 Å². The van der Waals surface area contributed by atoms with E-state index in [-0.39, 0.29) is 6.54 Å². The molecule has 4 N–H and O–H groups in total. The van der Waals surface area contributed by atoms with Crippen LogP contribution in [0.5, 0.6) is 0 Å². The first kappa shape index (κ1) is 16.5. The molecule has 0 aromatic heterocycles. The van der Waals surface area contributed by atoms with E-state index in [0.717, 1.165) is 11.1 Å². The van der Waals surface area contributed by atoms with Gasteiger partial charge in [-0.3, -0.25) is 4.72 Å². The second-order valence-corrected chi connectivity index (χ2v) is 6.91. The maximum absolute atomic E-state index is 11.9. The summed E-state index contributed by atoms with van der Waals surface area (Å²) in [4.78, 5) is 0. The Morgan fingerprint density at radius 1 is 1.30 bits per heavy atom. The molecule has 0 aliphatic rings. The average molecular weight is 295 g/mol. The van der Waals surface area contributed by atoms with Gasteiger partial charge in [0.2, 0.25) is 0 Å². The predicted octanol–water partition coefficient (Wildman–Crippen LogP) is 1.35. The first-order valence-electron chi connectivity index (χ1n) is 6.24. The second kappa shape index (κ2) is 6.27. The van der Waals surface area contributed by atoms with E-state index >= 15 is 0 Å². The summed E-state index contributed by atoms with van der Waals surface area (Å²) in [6.07, 6.45) is 0. The molecule has 0 spiro atoms. The molecule has 0 saturated heterocycles. The fourth-order valence-corrected chi connectivity index (χ4v) is 2.84. The van der Waals surface area contributed by atoms with Crippen LogP contribution in [0.2, 0.25) is 0 Å². The van der Waals surface area contributed by atoms with Crippen LogP contribution < -0.4 is 15.2 Å². The van der Waals surface area contributed by atoms with Crippen LogP contribution >= 0.6 is 0 Å². The molecule has 1 aromatic carbocycles. The standard InChI is InChI=1S/C14H21N3O2S/c1-11-7-8-13(10-12(11)6-5-9-15)16-20(18,19)17-14(2,3)4/h7-8,10,16-17H,9,15H2,1-4H3. The number of nitrogens with one attached hydrogen (secondary N) is 2. The minimum absolute atomic E-state index is 0.265. The molecule has 20 heavy (non-hydrogen) atoms. The topological polar surface area (TPSA) is 84.2 Å². The van der Waals surface area contributed by atoms with Crippen LogP contribution in [0.1, 0.15) is 31.9 Å². The number of rotatable bonds is 3. The van der Waals surface area contributed by atoms with Crippen LogP contribution in [0.4, 0.5) is 5.69 Å². The number of aryl methyl sites for hydroxylation is 1. The maximum Gasteiger partial charge on any atom is 0.299 e. The maximum atomic E-state index is 11.9. The molecule has 0 aliphatic heterocycles. The van der Waals surface area contributed by atoms with Crippen molar-refractivity contribution in [2.45, 2.75) is 33.2 Å². The van der Waals surface area contributed by atoms with Crippen molar-refractivity contribution in [2.24, 2.45) is 5.73 Å². The summed E-state index contributed by atoms with van der Waals surface area (Å²) in [7, 11) is -3.62. The largest absolute Gasteiger partial charge is 0.320 e. The van der Waals surface area contributed by atoms with Crippen LogP contribution in [0, 0.1) is 18.8 Å². The van der Waals surface area contributed by atoms with Crippen molar-refractivity contribution in [1.82, 2.24) is 4.72 Å². The number of hydrogen-bond donors (Lipinski definition) is 3. The molecule has 0 aliphatic carbocycles. The Morgan fingerprint density at radius 2 is 1.95 bits per heavy atom. The van der Waals surface area contributed by atoms with E-state index in [1.807, 2.05) is 13.0 Å². The fraction of sp³-hybridized carbons (Fsp3) is 0.429. The Hall–Kier alpha value is -1.55. The molecule has 0 radical (unpaired) electrons. The van der Waals surface area contributed by atoms with Gasteiger partial charge < -0.3 is 5.73 Å². The molecule has 0 unspecified atom stereocenters. The van der Waals surface area contributed by atoms with Crippen LogP contribution in [-0.4, -0.2) is 20.5 Å². The predicted molar refractivity (Wildman–Crippen MR) is 82.5 cm³/mol. The molecule has 6 heteroatoms. The van der Waals surface area contributed by atoms with Gasteiger partial charge in [0.15, 0.2) is 0 Å². The quantitative estimate of drug-likeness (QED) is 0.736. The van der Waals surface area contributed by atoms with E-state index in [9.17, 15) is 8.42 Å². The third kappa shape index (κ3) is 5.61. The molecule has 1 rings (SSSR count). The molecule has 0 heterocycles. The molecule has 5 nitrogen and oxygen atoms in total. The smallest absolute Gasteiger partial charge is 0.299 e. The molecule has 0 bridgehead atoms. The highest BCUT2D eigenvalue weighted by atomic mass is 32.2. The van der Waals surface area contributed by atoms with Crippen molar-refractivity contribution in [2.75, 3.05) is 11.3 Å². The highest BCUT2D eigenvalue weighted by Crippen LogP contribution is 2.16. The zero-order valence-electron chi connectivity index (χ0n) is 12.2. The summed E-state index contributed by atoms with van der Waals surface area (Å²) in [6.45, 7) is 7.51. The number of hydrogen-bond acceptors (Lipinski definition) is 3. The van der Waals surface area contributed by atoms with Crippen molar-refractivity contribution in [1.29, 1.82) is 0 Å². The minimum Gasteiger partial charge on any atom is -0.320 e. The van der Waals surface area contributed by atoms with Crippen LogP contribution in [0.3, 0.4) is 0 Å². The summed E-state index contributed by atoms with van der Waals surface area (Å²) < 4.78 is 28.9. The summed E-state index contributed by atoms with van der Waals surface area (Å²) >= 11 is 0. The van der Waals surface area contributed by atoms with Crippen molar-refractivity contribution in [3.63, 3.8) is 0 Å². The Morgan fingerprint density at radius 3 is 2.50 bits per heavy atom. The lowest BCUT2D eigenvalue weighted by molar-refractivity contribution is 0.494. The molecule has 0 fully saturated rings. The summed E-state index contributed by atoms with van der Waals surface area (Å²) in [6, 6.07) is 5.21. The van der Waals surface area contributed by atoms with Gasteiger partial charge in [0, 0.05) is 11.1 Å². The van der Waals surface area contributed by atoms with Crippen molar-refractivity contribution in [3.8, 4) is 11.8 Å². The van der Waals surface area contributed by atoms with E-state index in [0.29, 0.717) is 5.69 Å². The van der Waals surface area contributed by atoms with Gasteiger partial charge in [-0.05, 0) is 45.4 Å². The van der Waals surface area contributed by atoms with E-state index in [4.69, 9.17) is 5.73 Å². The van der Waals surface area contributed by atoms with E-state index in [2.05, 4.69) is 21.3 Å². The number of nitrogens with two attached hydrogens (primary N) is 1. The average Bonchev–Trinajstić information content (AvgIpc) is 2.26. The monoisotopic (exact) mass is 295 g/mol. The third-order valence-electron chi connectivity index (χ3n) is 2.26. The lowest BCUT2D eigenvalue weighted by Gasteiger charge is -2.21. The Bertz CT molecular complexity index is 635. The van der Waals surface area contributed by atoms with Gasteiger partial charge in [-0.1, -0.05) is 17.9 Å². The lowest BCUT2D eigenvalue weighted by atomic mass is 10.1. The number of anilines is 1. The van der Waals surface area contributed by atoms with Crippen molar-refractivity contribution < 1.29 is 8.42 Å². The Kier molecular flexibility index (Phi) is 5.17. The van der Waals surface area contributed by atoms with Crippen molar-refractivity contribution in [3.05, 3.63) is 29.3 Å². The first-order chi connectivity index (χ1) is 9.13. The minimum atomic E-state index is -3.62. The summed E-state index contributed by atoms with van der Waals surface area (Å²) in [5.41, 5.74) is 6.99. The van der Waals surface area contributed by atoms with E-state index in [1.54, 1.807) is 32.9 Å². The van der Waals surface area contributed by atoms with Gasteiger partial charge in [-0.2, -0.15) is 13.1 Å². The molecular formula is C14H21N3O2S. The molecule has 0 amide bonds. The normalized spacial score (nSPS) is 11.7. The molecule has 0 atom stereocenters. The molecule has 1 aromatic rings. The SMILES string of the molecule is Cc1ccc(NS(=O)(=O)NC(C)(C)C)cc1C#CCN. The second-order valence-electron chi connectivity index (χ2n) is 5.49.